The molecule has 0 saturated carbocycles. The molecule has 1 aromatic rings. The molecule has 0 aliphatic carbocycles. The lowest BCUT2D eigenvalue weighted by molar-refractivity contribution is 0.511. The first-order valence-corrected chi connectivity index (χ1v) is 5.85. The van der Waals surface area contributed by atoms with Crippen LogP contribution in [0.25, 0.3) is 0 Å². The van der Waals surface area contributed by atoms with Crippen molar-refractivity contribution in [3.63, 3.8) is 0 Å². The fourth-order valence-corrected chi connectivity index (χ4v) is 2.45. The van der Waals surface area contributed by atoms with Crippen molar-refractivity contribution in [2.24, 2.45) is 11.7 Å². The Labute approximate surface area is 101 Å². The molecule has 0 unspecified atom stereocenters. The third-order valence-electron chi connectivity index (χ3n) is 2.04. The van der Waals surface area contributed by atoms with Crippen LogP contribution in [0, 0.1) is 5.92 Å². The SMILES string of the molecule is CC(C)CC[C@H](N)c1sccc1Cl.Cl. The molecular formula is C10H17Cl2NS. The summed E-state index contributed by atoms with van der Waals surface area (Å²) >= 11 is 7.63. The van der Waals surface area contributed by atoms with Gasteiger partial charge in [0.25, 0.3) is 0 Å². The fourth-order valence-electron chi connectivity index (χ4n) is 1.21. The van der Waals surface area contributed by atoms with Gasteiger partial charge in [0.2, 0.25) is 0 Å². The van der Waals surface area contributed by atoms with Crippen molar-refractivity contribution in [3.05, 3.63) is 21.3 Å². The zero-order chi connectivity index (χ0) is 9.84. The van der Waals surface area contributed by atoms with E-state index < -0.39 is 0 Å². The zero-order valence-corrected chi connectivity index (χ0v) is 10.9. The van der Waals surface area contributed by atoms with Crippen LogP contribution in [0.4, 0.5) is 0 Å². The van der Waals surface area contributed by atoms with Gasteiger partial charge in [-0.2, -0.15) is 0 Å². The molecule has 0 aliphatic heterocycles. The maximum Gasteiger partial charge on any atom is 0.0561 e. The fraction of sp³-hybridized carbons (Fsp3) is 0.600. The highest BCUT2D eigenvalue weighted by Gasteiger charge is 2.11. The molecule has 2 N–H and O–H groups in total. The van der Waals surface area contributed by atoms with Crippen molar-refractivity contribution in [1.82, 2.24) is 0 Å². The highest BCUT2D eigenvalue weighted by atomic mass is 35.5. The average Bonchev–Trinajstić information content (AvgIpc) is 2.47. The monoisotopic (exact) mass is 253 g/mol. The van der Waals surface area contributed by atoms with Gasteiger partial charge in [-0.25, -0.2) is 0 Å². The molecule has 0 spiro atoms. The van der Waals surface area contributed by atoms with Crippen LogP contribution in [0.1, 0.15) is 37.6 Å². The van der Waals surface area contributed by atoms with Crippen LogP contribution in [0.5, 0.6) is 0 Å². The van der Waals surface area contributed by atoms with E-state index in [9.17, 15) is 0 Å². The molecule has 0 aliphatic rings. The van der Waals surface area contributed by atoms with E-state index in [2.05, 4.69) is 13.8 Å². The van der Waals surface area contributed by atoms with E-state index in [1.807, 2.05) is 11.4 Å². The van der Waals surface area contributed by atoms with Crippen molar-refractivity contribution < 1.29 is 0 Å². The van der Waals surface area contributed by atoms with Gasteiger partial charge in [0.15, 0.2) is 0 Å². The molecule has 0 saturated heterocycles. The van der Waals surface area contributed by atoms with Crippen molar-refractivity contribution in [1.29, 1.82) is 0 Å². The molecule has 1 rings (SSSR count). The summed E-state index contributed by atoms with van der Waals surface area (Å²) in [5.41, 5.74) is 6.01. The topological polar surface area (TPSA) is 26.0 Å². The standard InChI is InChI=1S/C10H16ClNS.ClH/c1-7(2)3-4-9(12)10-8(11)5-6-13-10;/h5-7,9H,3-4,12H2,1-2H3;1H/t9-;/m0./s1. The summed E-state index contributed by atoms with van der Waals surface area (Å²) in [5, 5.41) is 2.81. The normalized spacial score (nSPS) is 12.6. The van der Waals surface area contributed by atoms with E-state index in [-0.39, 0.29) is 18.4 Å². The Morgan fingerprint density at radius 2 is 2.07 bits per heavy atom. The highest BCUT2D eigenvalue weighted by molar-refractivity contribution is 7.10. The lowest BCUT2D eigenvalue weighted by Gasteiger charge is -2.11. The molecule has 1 atom stereocenters. The third kappa shape index (κ3) is 4.18. The lowest BCUT2D eigenvalue weighted by Crippen LogP contribution is -2.09. The van der Waals surface area contributed by atoms with E-state index in [4.69, 9.17) is 17.3 Å². The number of hydrogen-bond acceptors (Lipinski definition) is 2. The van der Waals surface area contributed by atoms with E-state index in [1.54, 1.807) is 11.3 Å². The lowest BCUT2D eigenvalue weighted by atomic mass is 10.0. The van der Waals surface area contributed by atoms with Crippen LogP contribution in [-0.4, -0.2) is 0 Å². The first-order valence-electron chi connectivity index (χ1n) is 4.59. The summed E-state index contributed by atoms with van der Waals surface area (Å²) in [7, 11) is 0. The maximum atomic E-state index is 6.01. The molecule has 1 aromatic heterocycles. The van der Waals surface area contributed by atoms with Gasteiger partial charge in [0, 0.05) is 10.9 Å². The Morgan fingerprint density at radius 1 is 1.43 bits per heavy atom. The van der Waals surface area contributed by atoms with Gasteiger partial charge in [-0.1, -0.05) is 25.4 Å². The predicted molar refractivity (Wildman–Crippen MR) is 67.6 cm³/mol. The summed E-state index contributed by atoms with van der Waals surface area (Å²) in [4.78, 5) is 1.13. The minimum Gasteiger partial charge on any atom is -0.323 e. The van der Waals surface area contributed by atoms with E-state index >= 15 is 0 Å². The Morgan fingerprint density at radius 3 is 2.50 bits per heavy atom. The number of thiophene rings is 1. The molecule has 82 valence electrons. The minimum absolute atomic E-state index is 0. The Kier molecular flexibility index (Phi) is 6.79. The van der Waals surface area contributed by atoms with Gasteiger partial charge in [0.1, 0.15) is 0 Å². The van der Waals surface area contributed by atoms with E-state index in [0.29, 0.717) is 5.92 Å². The number of hydrogen-bond donors (Lipinski definition) is 1. The van der Waals surface area contributed by atoms with Crippen LogP contribution in [-0.2, 0) is 0 Å². The van der Waals surface area contributed by atoms with Gasteiger partial charge >= 0.3 is 0 Å². The number of nitrogens with two attached hydrogens (primary N) is 1. The Bertz CT molecular complexity index is 260. The molecule has 4 heteroatoms. The van der Waals surface area contributed by atoms with Crippen LogP contribution < -0.4 is 5.73 Å². The molecule has 0 bridgehead atoms. The van der Waals surface area contributed by atoms with Gasteiger partial charge in [-0.05, 0) is 30.2 Å². The van der Waals surface area contributed by atoms with Crippen LogP contribution in [0.2, 0.25) is 5.02 Å². The van der Waals surface area contributed by atoms with Crippen molar-refractivity contribution >= 4 is 35.3 Å². The third-order valence-corrected chi connectivity index (χ3v) is 3.53. The Balaban J connectivity index is 0.00000169. The zero-order valence-electron chi connectivity index (χ0n) is 8.50. The number of rotatable bonds is 4. The first kappa shape index (κ1) is 14.2. The summed E-state index contributed by atoms with van der Waals surface area (Å²) in [6.07, 6.45) is 2.19. The van der Waals surface area contributed by atoms with Crippen LogP contribution in [0.3, 0.4) is 0 Å². The second kappa shape index (κ2) is 6.67. The van der Waals surface area contributed by atoms with Crippen molar-refractivity contribution in [2.75, 3.05) is 0 Å². The molecule has 1 heterocycles. The summed E-state index contributed by atoms with van der Waals surface area (Å²) in [6.45, 7) is 4.42. The quantitative estimate of drug-likeness (QED) is 0.853. The molecule has 0 aromatic carbocycles. The summed E-state index contributed by atoms with van der Waals surface area (Å²) < 4.78 is 0. The first-order chi connectivity index (χ1) is 6.11. The van der Waals surface area contributed by atoms with Gasteiger partial charge in [-0.15, -0.1) is 23.7 Å². The minimum atomic E-state index is 0. The van der Waals surface area contributed by atoms with Gasteiger partial charge in [0.05, 0.1) is 5.02 Å². The molecule has 0 amide bonds. The molecule has 0 fully saturated rings. The van der Waals surface area contributed by atoms with E-state index in [0.717, 1.165) is 22.7 Å². The van der Waals surface area contributed by atoms with Crippen LogP contribution >= 0.6 is 35.3 Å². The second-order valence-electron chi connectivity index (χ2n) is 3.71. The summed E-state index contributed by atoms with van der Waals surface area (Å²) in [6, 6.07) is 2.03. The smallest absolute Gasteiger partial charge is 0.0561 e. The maximum absolute atomic E-state index is 6.01. The van der Waals surface area contributed by atoms with Crippen LogP contribution in [0.15, 0.2) is 11.4 Å². The van der Waals surface area contributed by atoms with Gasteiger partial charge in [-0.3, -0.25) is 0 Å². The largest absolute Gasteiger partial charge is 0.323 e. The molecular weight excluding hydrogens is 237 g/mol. The molecule has 1 nitrogen and oxygen atoms in total. The molecule has 14 heavy (non-hydrogen) atoms. The Hall–Kier alpha value is 0.240. The highest BCUT2D eigenvalue weighted by Crippen LogP contribution is 2.30. The predicted octanol–water partition coefficient (Wildman–Crippen LogP) is 4.26. The van der Waals surface area contributed by atoms with Gasteiger partial charge < -0.3 is 5.73 Å². The number of halogens is 2. The summed E-state index contributed by atoms with van der Waals surface area (Å²) in [5.74, 6) is 0.713. The van der Waals surface area contributed by atoms with Crippen molar-refractivity contribution in [3.8, 4) is 0 Å². The van der Waals surface area contributed by atoms with E-state index in [1.165, 1.54) is 0 Å². The van der Waals surface area contributed by atoms with Crippen molar-refractivity contribution in [2.45, 2.75) is 32.7 Å². The molecule has 0 radical (unpaired) electrons. The average molecular weight is 254 g/mol. The second-order valence-corrected chi connectivity index (χ2v) is 5.07.